The molecule has 184 valence electrons. The lowest BCUT2D eigenvalue weighted by atomic mass is 9.87. The molecule has 2 aromatic rings. The van der Waals surface area contributed by atoms with Gasteiger partial charge in [0.2, 0.25) is 16.0 Å². The van der Waals surface area contributed by atoms with Crippen LogP contribution in [0.15, 0.2) is 29.3 Å². The number of sulfonamides is 1. The highest BCUT2D eigenvalue weighted by Gasteiger charge is 2.41. The number of nitriles is 1. The number of hydrogen-bond acceptors (Lipinski definition) is 9. The molecule has 0 aliphatic carbocycles. The van der Waals surface area contributed by atoms with Gasteiger partial charge in [0.25, 0.3) is 5.91 Å². The fourth-order valence-electron chi connectivity index (χ4n) is 3.01. The first-order chi connectivity index (χ1) is 15.7. The molecule has 6 N–H and O–H groups in total. The van der Waals surface area contributed by atoms with E-state index >= 15 is 0 Å². The number of amides is 1. The Balaban J connectivity index is 2.51. The molecule has 0 saturated carbocycles. The summed E-state index contributed by atoms with van der Waals surface area (Å²) in [5, 5.41) is 12.2. The third kappa shape index (κ3) is 6.79. The van der Waals surface area contributed by atoms with Crippen LogP contribution in [0.5, 0.6) is 0 Å². The normalized spacial score (nSPS) is 13.7. The first-order valence-corrected chi connectivity index (χ1v) is 12.7. The number of thioether (sulfide) groups is 1. The smallest absolute Gasteiger partial charge is 0.368 e. The molecule has 0 aliphatic heterocycles. The van der Waals surface area contributed by atoms with Crippen LogP contribution in [-0.4, -0.2) is 43.3 Å². The quantitative estimate of drug-likeness (QED) is 0.219. The fourth-order valence-corrected chi connectivity index (χ4v) is 4.05. The van der Waals surface area contributed by atoms with E-state index in [1.165, 1.54) is 6.07 Å². The predicted octanol–water partition coefficient (Wildman–Crippen LogP) is 1.79. The standard InChI is InChI=1S/C19H22F3N7O3S2/c1-33-15-13(10-23)14(28-17(24)29-15)18(25,7-4-8-26-34(2,31)32)16(30)27-12-6-3-5-11(9-12)19(20,21)22/h3,5-6,9,26H,4,7-8,25H2,1-2H3,(H,27,30)(H2,24,28,29)/t18-/m1/s1. The number of alkyl halides is 3. The van der Waals surface area contributed by atoms with E-state index in [0.717, 1.165) is 36.2 Å². The molecule has 0 aliphatic rings. The zero-order valence-electron chi connectivity index (χ0n) is 18.1. The minimum absolute atomic E-state index is 0.0307. The van der Waals surface area contributed by atoms with Crippen molar-refractivity contribution in [3.05, 3.63) is 41.1 Å². The average Bonchev–Trinajstić information content (AvgIpc) is 2.74. The Kier molecular flexibility index (Phi) is 8.48. The second kappa shape index (κ2) is 10.6. The van der Waals surface area contributed by atoms with Crippen LogP contribution >= 0.6 is 11.8 Å². The average molecular weight is 518 g/mol. The molecule has 1 aromatic carbocycles. The first kappa shape index (κ1) is 27.3. The summed E-state index contributed by atoms with van der Waals surface area (Å²) in [4.78, 5) is 21.2. The summed E-state index contributed by atoms with van der Waals surface area (Å²) in [5.41, 5.74) is 8.59. The molecule has 0 saturated heterocycles. The molecule has 0 bridgehead atoms. The molecular weight excluding hydrogens is 495 g/mol. The van der Waals surface area contributed by atoms with E-state index in [2.05, 4.69) is 20.0 Å². The van der Waals surface area contributed by atoms with Gasteiger partial charge in [-0.1, -0.05) is 6.07 Å². The summed E-state index contributed by atoms with van der Waals surface area (Å²) < 4.78 is 64.2. The molecule has 1 aromatic heterocycles. The molecule has 34 heavy (non-hydrogen) atoms. The van der Waals surface area contributed by atoms with Crippen molar-refractivity contribution < 1.29 is 26.4 Å². The number of aromatic nitrogens is 2. The molecule has 1 amide bonds. The zero-order chi connectivity index (χ0) is 25.7. The highest BCUT2D eigenvalue weighted by Crippen LogP contribution is 2.33. The second-order valence-corrected chi connectivity index (χ2v) is 9.83. The summed E-state index contributed by atoms with van der Waals surface area (Å²) in [7, 11) is -3.52. The number of nitrogens with one attached hydrogen (secondary N) is 2. The van der Waals surface area contributed by atoms with Gasteiger partial charge >= 0.3 is 6.18 Å². The number of anilines is 2. The van der Waals surface area contributed by atoms with E-state index in [1.807, 2.05) is 6.07 Å². The number of nitrogen functional groups attached to an aromatic ring is 1. The summed E-state index contributed by atoms with van der Waals surface area (Å²) in [6.07, 6.45) is -2.27. The molecule has 15 heteroatoms. The third-order valence-corrected chi connectivity index (χ3v) is 6.00. The van der Waals surface area contributed by atoms with Crippen LogP contribution in [0.1, 0.15) is 29.7 Å². The van der Waals surface area contributed by atoms with Gasteiger partial charge in [-0.05, 0) is 37.3 Å². The van der Waals surface area contributed by atoms with Crippen molar-refractivity contribution in [2.24, 2.45) is 5.73 Å². The van der Waals surface area contributed by atoms with E-state index in [9.17, 15) is 31.6 Å². The maximum absolute atomic E-state index is 13.3. The number of rotatable bonds is 9. The van der Waals surface area contributed by atoms with Gasteiger partial charge in [-0.15, -0.1) is 11.8 Å². The maximum atomic E-state index is 13.3. The molecular formula is C19H22F3N7O3S2. The van der Waals surface area contributed by atoms with Crippen LogP contribution in [-0.2, 0) is 26.5 Å². The molecule has 0 spiro atoms. The van der Waals surface area contributed by atoms with Gasteiger partial charge in [0, 0.05) is 12.2 Å². The lowest BCUT2D eigenvalue weighted by Gasteiger charge is -2.29. The minimum atomic E-state index is -4.64. The van der Waals surface area contributed by atoms with Gasteiger partial charge in [-0.3, -0.25) is 4.79 Å². The van der Waals surface area contributed by atoms with E-state index in [4.69, 9.17) is 11.5 Å². The number of halogens is 3. The van der Waals surface area contributed by atoms with E-state index in [1.54, 1.807) is 6.26 Å². The van der Waals surface area contributed by atoms with Crippen LogP contribution in [0, 0.1) is 11.3 Å². The van der Waals surface area contributed by atoms with Gasteiger partial charge < -0.3 is 16.8 Å². The van der Waals surface area contributed by atoms with E-state index in [-0.39, 0.29) is 47.3 Å². The zero-order valence-corrected chi connectivity index (χ0v) is 19.7. The monoisotopic (exact) mass is 517 g/mol. The third-order valence-electron chi connectivity index (χ3n) is 4.59. The van der Waals surface area contributed by atoms with Crippen molar-refractivity contribution in [3.8, 4) is 6.07 Å². The Morgan fingerprint density at radius 3 is 2.53 bits per heavy atom. The number of benzene rings is 1. The highest BCUT2D eigenvalue weighted by molar-refractivity contribution is 7.98. The second-order valence-electron chi connectivity index (χ2n) is 7.20. The fraction of sp³-hybridized carbons (Fsp3) is 0.368. The highest BCUT2D eigenvalue weighted by atomic mass is 32.2. The lowest BCUT2D eigenvalue weighted by molar-refractivity contribution is -0.137. The van der Waals surface area contributed by atoms with Gasteiger partial charge in [-0.2, -0.15) is 18.4 Å². The van der Waals surface area contributed by atoms with Crippen LogP contribution in [0.25, 0.3) is 0 Å². The Labute approximate surface area is 198 Å². The summed E-state index contributed by atoms with van der Waals surface area (Å²) in [5.74, 6) is -1.23. The maximum Gasteiger partial charge on any atom is 0.416 e. The minimum Gasteiger partial charge on any atom is -0.368 e. The van der Waals surface area contributed by atoms with Gasteiger partial charge in [0.05, 0.1) is 17.5 Å². The van der Waals surface area contributed by atoms with E-state index < -0.39 is 33.2 Å². The molecule has 0 unspecified atom stereocenters. The molecule has 1 atom stereocenters. The Morgan fingerprint density at radius 1 is 1.29 bits per heavy atom. The van der Waals surface area contributed by atoms with Crippen LogP contribution < -0.4 is 21.5 Å². The van der Waals surface area contributed by atoms with Crippen molar-refractivity contribution in [1.82, 2.24) is 14.7 Å². The van der Waals surface area contributed by atoms with Crippen LogP contribution in [0.4, 0.5) is 24.8 Å². The Hall–Kier alpha value is -2.93. The van der Waals surface area contributed by atoms with E-state index in [0.29, 0.717) is 0 Å². The molecule has 10 nitrogen and oxygen atoms in total. The van der Waals surface area contributed by atoms with Crippen LogP contribution in [0.3, 0.4) is 0 Å². The number of nitrogens with two attached hydrogens (primary N) is 2. The lowest BCUT2D eigenvalue weighted by Crippen LogP contribution is -2.50. The number of hydrogen-bond donors (Lipinski definition) is 4. The predicted molar refractivity (Wildman–Crippen MR) is 121 cm³/mol. The molecule has 2 rings (SSSR count). The van der Waals surface area contributed by atoms with Crippen molar-refractivity contribution in [3.63, 3.8) is 0 Å². The van der Waals surface area contributed by atoms with Crippen molar-refractivity contribution >= 4 is 39.3 Å². The van der Waals surface area contributed by atoms with Crippen molar-refractivity contribution in [2.75, 3.05) is 30.1 Å². The number of carbonyl (C=O) groups excluding carboxylic acids is 1. The van der Waals surface area contributed by atoms with Gasteiger partial charge in [0.1, 0.15) is 22.2 Å². The largest absolute Gasteiger partial charge is 0.416 e. The molecule has 0 radical (unpaired) electrons. The first-order valence-electron chi connectivity index (χ1n) is 9.55. The number of nitrogens with zero attached hydrogens (tertiary/aromatic N) is 3. The molecule has 1 heterocycles. The Bertz CT molecular complexity index is 1220. The SMILES string of the molecule is CSc1nc(N)nc([C@](N)(CCCNS(C)(=O)=O)C(=O)Nc2cccc(C(F)(F)F)c2)c1C#N. The summed E-state index contributed by atoms with van der Waals surface area (Å²) >= 11 is 1.06. The van der Waals surface area contributed by atoms with Crippen molar-refractivity contribution in [2.45, 2.75) is 29.6 Å². The Morgan fingerprint density at radius 2 is 1.97 bits per heavy atom. The van der Waals surface area contributed by atoms with Crippen LogP contribution in [0.2, 0.25) is 0 Å². The van der Waals surface area contributed by atoms with Gasteiger partial charge in [0.15, 0.2) is 0 Å². The van der Waals surface area contributed by atoms with Crippen molar-refractivity contribution in [1.29, 1.82) is 5.26 Å². The summed E-state index contributed by atoms with van der Waals surface area (Å²) in [6.45, 7) is -0.0908. The summed E-state index contributed by atoms with van der Waals surface area (Å²) in [6, 6.07) is 5.82. The molecule has 0 fully saturated rings. The number of carbonyl (C=O) groups is 1. The van der Waals surface area contributed by atoms with Gasteiger partial charge in [-0.25, -0.2) is 23.1 Å². The topological polar surface area (TPSA) is 177 Å².